The lowest BCUT2D eigenvalue weighted by atomic mass is 10.1. The van der Waals surface area contributed by atoms with E-state index in [0.717, 1.165) is 16.5 Å². The molecule has 0 atom stereocenters. The standard InChI is InChI=1S/C23H18N10O2/c24-9-13-1-2-26-21-18(13)29-22(30-21)19-17-8-15(11-27-20(17)32-31-19)14-7-16(12-25-10-14)28-23(34)33-3-5-35-6-4-33/h1-2,7-8,10-12H,3-6H2,(H,28,34)(H,26,29,30)(H,27,31,32). The highest BCUT2D eigenvalue weighted by molar-refractivity contribution is 5.94. The molecule has 2 amide bonds. The number of imidazole rings is 1. The first-order valence-corrected chi connectivity index (χ1v) is 10.9. The van der Waals surface area contributed by atoms with Gasteiger partial charge in [-0.3, -0.25) is 10.1 Å². The van der Waals surface area contributed by atoms with E-state index in [-0.39, 0.29) is 6.03 Å². The summed E-state index contributed by atoms with van der Waals surface area (Å²) in [6.07, 6.45) is 6.58. The quantitative estimate of drug-likeness (QED) is 0.366. The lowest BCUT2D eigenvalue weighted by Gasteiger charge is -2.26. The first-order chi connectivity index (χ1) is 17.2. The molecule has 1 aliphatic heterocycles. The maximum atomic E-state index is 12.5. The number of aromatic nitrogens is 7. The van der Waals surface area contributed by atoms with Crippen LogP contribution in [0.1, 0.15) is 5.56 Å². The number of fused-ring (bicyclic) bond motifs is 2. The largest absolute Gasteiger partial charge is 0.378 e. The topological polar surface area (TPSA) is 161 Å². The van der Waals surface area contributed by atoms with E-state index in [0.29, 0.717) is 65.9 Å². The molecule has 0 aliphatic carbocycles. The van der Waals surface area contributed by atoms with Crippen LogP contribution in [0.4, 0.5) is 10.5 Å². The van der Waals surface area contributed by atoms with Crippen LogP contribution in [-0.2, 0) is 4.74 Å². The summed E-state index contributed by atoms with van der Waals surface area (Å²) >= 11 is 0. The number of ether oxygens (including phenoxy) is 1. The number of hydrogen-bond donors (Lipinski definition) is 3. The molecule has 5 aromatic heterocycles. The van der Waals surface area contributed by atoms with E-state index in [1.807, 2.05) is 12.1 Å². The Labute approximate surface area is 198 Å². The first-order valence-electron chi connectivity index (χ1n) is 10.9. The molecular weight excluding hydrogens is 448 g/mol. The number of nitrogens with one attached hydrogen (secondary N) is 3. The number of morpholine rings is 1. The van der Waals surface area contributed by atoms with E-state index in [1.165, 1.54) is 0 Å². The van der Waals surface area contributed by atoms with E-state index in [2.05, 4.69) is 46.5 Å². The summed E-state index contributed by atoms with van der Waals surface area (Å²) in [5, 5.41) is 20.3. The maximum absolute atomic E-state index is 12.5. The molecule has 1 saturated heterocycles. The number of anilines is 1. The van der Waals surface area contributed by atoms with Crippen molar-refractivity contribution in [1.29, 1.82) is 5.26 Å². The van der Waals surface area contributed by atoms with Gasteiger partial charge in [0, 0.05) is 42.8 Å². The number of hydrogen-bond acceptors (Lipinski definition) is 8. The molecule has 5 aromatic rings. The fourth-order valence-electron chi connectivity index (χ4n) is 3.99. The average Bonchev–Trinajstić information content (AvgIpc) is 3.53. The van der Waals surface area contributed by atoms with E-state index in [1.54, 1.807) is 35.8 Å². The van der Waals surface area contributed by atoms with Gasteiger partial charge in [-0.05, 0) is 18.2 Å². The van der Waals surface area contributed by atoms with Crippen LogP contribution in [0.2, 0.25) is 0 Å². The van der Waals surface area contributed by atoms with Crippen molar-refractivity contribution in [3.8, 4) is 28.7 Å². The molecule has 3 N–H and O–H groups in total. The van der Waals surface area contributed by atoms with Crippen LogP contribution >= 0.6 is 0 Å². The predicted octanol–water partition coefficient (Wildman–Crippen LogP) is 2.69. The summed E-state index contributed by atoms with van der Waals surface area (Å²) in [6.45, 7) is 2.17. The zero-order valence-corrected chi connectivity index (χ0v) is 18.3. The smallest absolute Gasteiger partial charge is 0.322 e. The lowest BCUT2D eigenvalue weighted by Crippen LogP contribution is -2.43. The average molecular weight is 466 g/mol. The first kappa shape index (κ1) is 20.7. The SMILES string of the molecule is N#Cc1ccnc2[nH]c(-c3n[nH]c4ncc(-c5cncc(NC(=O)N6CCOCC6)c5)cc34)nc12. The van der Waals surface area contributed by atoms with Gasteiger partial charge in [0.25, 0.3) is 0 Å². The van der Waals surface area contributed by atoms with Gasteiger partial charge in [0.1, 0.15) is 17.3 Å². The molecule has 6 rings (SSSR count). The van der Waals surface area contributed by atoms with Crippen molar-refractivity contribution in [3.63, 3.8) is 0 Å². The zero-order valence-electron chi connectivity index (χ0n) is 18.3. The molecule has 6 heterocycles. The third-order valence-corrected chi connectivity index (χ3v) is 5.77. The molecule has 0 radical (unpaired) electrons. The molecule has 12 heteroatoms. The second kappa shape index (κ2) is 8.47. The highest BCUT2D eigenvalue weighted by Crippen LogP contribution is 2.30. The third kappa shape index (κ3) is 3.79. The van der Waals surface area contributed by atoms with E-state index < -0.39 is 0 Å². The third-order valence-electron chi connectivity index (χ3n) is 5.77. The molecule has 172 valence electrons. The summed E-state index contributed by atoms with van der Waals surface area (Å²) < 4.78 is 5.30. The Kier molecular flexibility index (Phi) is 5.01. The molecule has 0 unspecified atom stereocenters. The van der Waals surface area contributed by atoms with Crippen LogP contribution in [-0.4, -0.2) is 72.4 Å². The number of carbonyl (C=O) groups excluding carboxylic acids is 1. The fraction of sp³-hybridized carbons (Fsp3) is 0.174. The van der Waals surface area contributed by atoms with Gasteiger partial charge in [0.2, 0.25) is 0 Å². The van der Waals surface area contributed by atoms with Crippen molar-refractivity contribution in [1.82, 2.24) is 40.0 Å². The number of urea groups is 1. The van der Waals surface area contributed by atoms with Gasteiger partial charge in [0.05, 0.1) is 36.0 Å². The normalized spacial score (nSPS) is 13.7. The Morgan fingerprint density at radius 2 is 1.97 bits per heavy atom. The minimum Gasteiger partial charge on any atom is -0.378 e. The van der Waals surface area contributed by atoms with Gasteiger partial charge in [-0.15, -0.1) is 0 Å². The summed E-state index contributed by atoms with van der Waals surface area (Å²) in [6, 6.07) is 7.33. The van der Waals surface area contributed by atoms with Gasteiger partial charge < -0.3 is 19.9 Å². The van der Waals surface area contributed by atoms with Crippen LogP contribution < -0.4 is 5.32 Å². The van der Waals surface area contributed by atoms with E-state index in [9.17, 15) is 10.1 Å². The zero-order chi connectivity index (χ0) is 23.8. The summed E-state index contributed by atoms with van der Waals surface area (Å²) in [4.78, 5) is 35.0. The van der Waals surface area contributed by atoms with E-state index in [4.69, 9.17) is 4.74 Å². The Morgan fingerprint density at radius 3 is 2.83 bits per heavy atom. The van der Waals surface area contributed by atoms with Gasteiger partial charge in [-0.1, -0.05) is 0 Å². The van der Waals surface area contributed by atoms with E-state index >= 15 is 0 Å². The number of pyridine rings is 3. The van der Waals surface area contributed by atoms with Crippen molar-refractivity contribution in [2.75, 3.05) is 31.6 Å². The molecule has 0 aromatic carbocycles. The van der Waals surface area contributed by atoms with Crippen molar-refractivity contribution in [2.45, 2.75) is 0 Å². The van der Waals surface area contributed by atoms with Crippen LogP contribution in [0.25, 0.3) is 44.8 Å². The number of nitriles is 1. The minimum absolute atomic E-state index is 0.187. The highest BCUT2D eigenvalue weighted by atomic mass is 16.5. The highest BCUT2D eigenvalue weighted by Gasteiger charge is 2.18. The van der Waals surface area contributed by atoms with Crippen LogP contribution in [0, 0.1) is 11.3 Å². The maximum Gasteiger partial charge on any atom is 0.322 e. The second-order valence-electron chi connectivity index (χ2n) is 7.94. The Morgan fingerprint density at radius 1 is 1.11 bits per heavy atom. The van der Waals surface area contributed by atoms with Crippen molar-refractivity contribution < 1.29 is 9.53 Å². The van der Waals surface area contributed by atoms with Crippen LogP contribution in [0.15, 0.2) is 43.0 Å². The number of nitrogens with zero attached hydrogens (tertiary/aromatic N) is 7. The lowest BCUT2D eigenvalue weighted by molar-refractivity contribution is 0.0564. The molecule has 0 saturated carbocycles. The summed E-state index contributed by atoms with van der Waals surface area (Å²) in [5.41, 5.74) is 4.72. The van der Waals surface area contributed by atoms with Gasteiger partial charge in [-0.2, -0.15) is 10.4 Å². The van der Waals surface area contributed by atoms with Crippen molar-refractivity contribution in [3.05, 3.63) is 48.5 Å². The Bertz CT molecular complexity index is 1610. The molecular formula is C23H18N10O2. The van der Waals surface area contributed by atoms with Gasteiger partial charge in [0.15, 0.2) is 17.1 Å². The van der Waals surface area contributed by atoms with Crippen LogP contribution in [0.3, 0.4) is 0 Å². The minimum atomic E-state index is -0.187. The number of carbonyl (C=O) groups is 1. The monoisotopic (exact) mass is 466 g/mol. The molecule has 0 spiro atoms. The van der Waals surface area contributed by atoms with Crippen molar-refractivity contribution >= 4 is 33.9 Å². The fourth-order valence-corrected chi connectivity index (χ4v) is 3.99. The Hall–Kier alpha value is -4.89. The van der Waals surface area contributed by atoms with Gasteiger partial charge in [-0.25, -0.2) is 19.7 Å². The van der Waals surface area contributed by atoms with Gasteiger partial charge >= 0.3 is 6.03 Å². The number of amides is 2. The predicted molar refractivity (Wildman–Crippen MR) is 126 cm³/mol. The number of aromatic amines is 2. The molecule has 1 fully saturated rings. The van der Waals surface area contributed by atoms with Crippen LogP contribution in [0.5, 0.6) is 0 Å². The molecule has 1 aliphatic rings. The number of rotatable bonds is 3. The molecule has 35 heavy (non-hydrogen) atoms. The molecule has 12 nitrogen and oxygen atoms in total. The second-order valence-corrected chi connectivity index (χ2v) is 7.94. The Balaban J connectivity index is 1.33. The summed E-state index contributed by atoms with van der Waals surface area (Å²) in [5.74, 6) is 0.477. The molecule has 0 bridgehead atoms. The van der Waals surface area contributed by atoms with Crippen molar-refractivity contribution in [2.24, 2.45) is 0 Å². The summed E-state index contributed by atoms with van der Waals surface area (Å²) in [7, 11) is 0. The number of H-pyrrole nitrogens is 2.